The molecule has 2 aromatic carbocycles. The molecule has 0 amide bonds. The van der Waals surface area contributed by atoms with Crippen molar-refractivity contribution in [2.45, 2.75) is 6.92 Å². The Bertz CT molecular complexity index is 960. The van der Waals surface area contributed by atoms with Crippen molar-refractivity contribution in [1.82, 2.24) is 9.97 Å². The highest BCUT2D eigenvalue weighted by molar-refractivity contribution is 9.10. The summed E-state index contributed by atoms with van der Waals surface area (Å²) in [7, 11) is 0. The zero-order chi connectivity index (χ0) is 17.9. The highest BCUT2D eigenvalue weighted by Gasteiger charge is 2.09. The van der Waals surface area contributed by atoms with Gasteiger partial charge in [0.25, 0.3) is 0 Å². The fourth-order valence-electron chi connectivity index (χ4n) is 2.86. The van der Waals surface area contributed by atoms with Crippen LogP contribution in [0.4, 0.5) is 0 Å². The molecule has 0 saturated heterocycles. The summed E-state index contributed by atoms with van der Waals surface area (Å²) >= 11 is 3.50. The van der Waals surface area contributed by atoms with Gasteiger partial charge in [0, 0.05) is 16.2 Å². The zero-order valence-corrected chi connectivity index (χ0v) is 15.9. The number of halogens is 1. The predicted octanol–water partition coefficient (Wildman–Crippen LogP) is 6.55. The molecule has 0 aliphatic rings. The van der Waals surface area contributed by atoms with Crippen molar-refractivity contribution >= 4 is 15.9 Å². The van der Waals surface area contributed by atoms with Gasteiger partial charge in [-0.2, -0.15) is 0 Å². The molecule has 0 fully saturated rings. The maximum absolute atomic E-state index is 4.87. The van der Waals surface area contributed by atoms with Crippen LogP contribution < -0.4 is 0 Å². The third-order valence-corrected chi connectivity index (χ3v) is 4.81. The topological polar surface area (TPSA) is 25.8 Å². The summed E-state index contributed by atoms with van der Waals surface area (Å²) < 4.78 is 1.07. The van der Waals surface area contributed by atoms with E-state index in [2.05, 4.69) is 88.5 Å². The number of benzene rings is 2. The van der Waals surface area contributed by atoms with E-state index in [-0.39, 0.29) is 0 Å². The predicted molar refractivity (Wildman–Crippen MR) is 111 cm³/mol. The zero-order valence-electron chi connectivity index (χ0n) is 14.4. The Kier molecular flexibility index (Phi) is 4.63. The average Bonchev–Trinajstić information content (AvgIpc) is 2.69. The molecular formula is C23H17BrN2. The number of hydrogen-bond donors (Lipinski definition) is 0. The van der Waals surface area contributed by atoms with Crippen LogP contribution in [0, 0.1) is 6.92 Å². The van der Waals surface area contributed by atoms with Gasteiger partial charge in [0.15, 0.2) is 0 Å². The van der Waals surface area contributed by atoms with E-state index < -0.39 is 0 Å². The lowest BCUT2D eigenvalue weighted by Crippen LogP contribution is -1.92. The molecule has 0 saturated carbocycles. The lowest BCUT2D eigenvalue weighted by molar-refractivity contribution is 1.25. The molecule has 0 unspecified atom stereocenters. The first-order chi connectivity index (χ1) is 12.7. The normalized spacial score (nSPS) is 10.7. The van der Waals surface area contributed by atoms with Gasteiger partial charge in [-0.3, -0.25) is 4.98 Å². The lowest BCUT2D eigenvalue weighted by Gasteiger charge is -2.10. The van der Waals surface area contributed by atoms with Crippen molar-refractivity contribution in [3.05, 3.63) is 95.1 Å². The van der Waals surface area contributed by atoms with Crippen molar-refractivity contribution in [3.8, 4) is 33.8 Å². The van der Waals surface area contributed by atoms with Gasteiger partial charge in [-0.15, -0.1) is 0 Å². The number of aryl methyl sites for hydroxylation is 1. The van der Waals surface area contributed by atoms with Crippen molar-refractivity contribution in [2.24, 2.45) is 0 Å². The van der Waals surface area contributed by atoms with Crippen molar-refractivity contribution in [3.63, 3.8) is 0 Å². The Hall–Kier alpha value is -2.78. The maximum atomic E-state index is 4.87. The Balaban J connectivity index is 1.89. The van der Waals surface area contributed by atoms with Crippen LogP contribution in [0.1, 0.15) is 5.56 Å². The molecule has 4 rings (SSSR count). The first-order valence-corrected chi connectivity index (χ1v) is 9.25. The second-order valence-corrected chi connectivity index (χ2v) is 7.13. The molecule has 0 radical (unpaired) electrons. The second-order valence-electron chi connectivity index (χ2n) is 6.21. The quantitative estimate of drug-likeness (QED) is 0.389. The van der Waals surface area contributed by atoms with Crippen LogP contribution in [0.2, 0.25) is 0 Å². The van der Waals surface area contributed by atoms with E-state index in [1.165, 1.54) is 5.56 Å². The number of pyridine rings is 2. The minimum absolute atomic E-state index is 0.875. The smallest absolute Gasteiger partial charge is 0.0899 e. The number of aromatic nitrogens is 2. The van der Waals surface area contributed by atoms with Crippen molar-refractivity contribution < 1.29 is 0 Å². The SMILES string of the molecule is Cc1ccc(-c2cc(-c3ccc(Br)cc3)cc(-c3ccccn3)n2)cc1. The monoisotopic (exact) mass is 400 g/mol. The number of nitrogens with zero attached hydrogens (tertiary/aromatic N) is 2. The average molecular weight is 401 g/mol. The molecule has 2 aromatic heterocycles. The third-order valence-electron chi connectivity index (χ3n) is 4.28. The molecule has 0 N–H and O–H groups in total. The summed E-state index contributed by atoms with van der Waals surface area (Å²) in [5.41, 5.74) is 7.33. The second kappa shape index (κ2) is 7.22. The van der Waals surface area contributed by atoms with E-state index in [4.69, 9.17) is 4.98 Å². The van der Waals surface area contributed by atoms with Crippen LogP contribution >= 0.6 is 15.9 Å². The highest BCUT2D eigenvalue weighted by Crippen LogP contribution is 2.30. The Morgan fingerprint density at radius 1 is 0.654 bits per heavy atom. The summed E-state index contributed by atoms with van der Waals surface area (Å²) in [4.78, 5) is 9.35. The largest absolute Gasteiger partial charge is 0.255 e. The van der Waals surface area contributed by atoms with Gasteiger partial charge in [-0.25, -0.2) is 4.98 Å². The lowest BCUT2D eigenvalue weighted by atomic mass is 10.0. The van der Waals surface area contributed by atoms with Crippen LogP contribution in [0.15, 0.2) is 89.5 Å². The van der Waals surface area contributed by atoms with E-state index in [9.17, 15) is 0 Å². The van der Waals surface area contributed by atoms with E-state index >= 15 is 0 Å². The van der Waals surface area contributed by atoms with Gasteiger partial charge >= 0.3 is 0 Å². The van der Waals surface area contributed by atoms with E-state index in [0.717, 1.165) is 38.2 Å². The summed E-state index contributed by atoms with van der Waals surface area (Å²) in [6.07, 6.45) is 1.80. The summed E-state index contributed by atoms with van der Waals surface area (Å²) in [6, 6.07) is 26.9. The van der Waals surface area contributed by atoms with Crippen LogP contribution in [-0.2, 0) is 0 Å². The Morgan fingerprint density at radius 3 is 2.04 bits per heavy atom. The molecule has 0 bridgehead atoms. The summed E-state index contributed by atoms with van der Waals surface area (Å²) in [5.74, 6) is 0. The molecule has 0 aliphatic carbocycles. The molecule has 0 spiro atoms. The number of rotatable bonds is 3. The fourth-order valence-corrected chi connectivity index (χ4v) is 3.12. The first-order valence-electron chi connectivity index (χ1n) is 8.45. The van der Waals surface area contributed by atoms with Crippen LogP contribution in [0.3, 0.4) is 0 Å². The third kappa shape index (κ3) is 3.58. The highest BCUT2D eigenvalue weighted by atomic mass is 79.9. The first kappa shape index (κ1) is 16.7. The van der Waals surface area contributed by atoms with Gasteiger partial charge in [0.2, 0.25) is 0 Å². The van der Waals surface area contributed by atoms with Gasteiger partial charge in [-0.05, 0) is 54.4 Å². The molecule has 126 valence electrons. The fraction of sp³-hybridized carbons (Fsp3) is 0.0435. The van der Waals surface area contributed by atoms with Gasteiger partial charge in [-0.1, -0.05) is 64.0 Å². The van der Waals surface area contributed by atoms with E-state index in [1.807, 2.05) is 18.2 Å². The minimum atomic E-state index is 0.875. The molecule has 4 aromatic rings. The minimum Gasteiger partial charge on any atom is -0.255 e. The van der Waals surface area contributed by atoms with Gasteiger partial charge in [0.05, 0.1) is 17.1 Å². The Labute approximate surface area is 161 Å². The van der Waals surface area contributed by atoms with Crippen LogP contribution in [-0.4, -0.2) is 9.97 Å². The van der Waals surface area contributed by atoms with E-state index in [1.54, 1.807) is 6.20 Å². The van der Waals surface area contributed by atoms with Gasteiger partial charge < -0.3 is 0 Å². The molecule has 0 aliphatic heterocycles. The molecular weight excluding hydrogens is 384 g/mol. The van der Waals surface area contributed by atoms with Crippen molar-refractivity contribution in [1.29, 1.82) is 0 Å². The van der Waals surface area contributed by atoms with E-state index in [0.29, 0.717) is 0 Å². The summed E-state index contributed by atoms with van der Waals surface area (Å²) in [6.45, 7) is 2.09. The molecule has 2 heterocycles. The molecule has 2 nitrogen and oxygen atoms in total. The van der Waals surface area contributed by atoms with Crippen molar-refractivity contribution in [2.75, 3.05) is 0 Å². The molecule has 26 heavy (non-hydrogen) atoms. The maximum Gasteiger partial charge on any atom is 0.0899 e. The van der Waals surface area contributed by atoms with Crippen LogP contribution in [0.25, 0.3) is 33.8 Å². The van der Waals surface area contributed by atoms with Crippen LogP contribution in [0.5, 0.6) is 0 Å². The number of hydrogen-bond acceptors (Lipinski definition) is 2. The molecule has 3 heteroatoms. The van der Waals surface area contributed by atoms with Gasteiger partial charge in [0.1, 0.15) is 0 Å². The molecule has 0 atom stereocenters. The summed E-state index contributed by atoms with van der Waals surface area (Å²) in [5, 5.41) is 0. The standard InChI is InChI=1S/C23H17BrN2/c1-16-5-7-18(8-6-16)22-14-19(17-9-11-20(24)12-10-17)15-23(26-22)21-4-2-3-13-25-21/h2-15H,1H3. The Morgan fingerprint density at radius 2 is 1.35 bits per heavy atom.